The molecular formula is C33H26F3NO2. The number of alkyl halides is 3. The smallest absolute Gasteiger partial charge is 0.418 e. The molecular weight excluding hydrogens is 499 g/mol. The summed E-state index contributed by atoms with van der Waals surface area (Å²) in [6.45, 7) is 1.36. The molecule has 0 saturated heterocycles. The van der Waals surface area contributed by atoms with Gasteiger partial charge >= 0.3 is 12.1 Å². The lowest BCUT2D eigenvalue weighted by atomic mass is 9.90. The molecule has 1 heterocycles. The fraction of sp³-hybridized carbons (Fsp3) is 0.152. The van der Waals surface area contributed by atoms with Crippen molar-refractivity contribution in [3.63, 3.8) is 0 Å². The second-order valence-corrected chi connectivity index (χ2v) is 9.46. The van der Waals surface area contributed by atoms with E-state index in [1.165, 1.54) is 13.0 Å². The molecule has 0 aliphatic carbocycles. The average molecular weight is 526 g/mol. The van der Waals surface area contributed by atoms with Gasteiger partial charge in [0, 0.05) is 18.5 Å². The Morgan fingerprint density at radius 2 is 1.49 bits per heavy atom. The number of hydrogen-bond acceptors (Lipinski definition) is 3. The van der Waals surface area contributed by atoms with Gasteiger partial charge in [-0.2, -0.15) is 13.2 Å². The van der Waals surface area contributed by atoms with Crippen LogP contribution in [-0.2, 0) is 30.2 Å². The fourth-order valence-corrected chi connectivity index (χ4v) is 4.84. The number of carbonyl (C=O) groups is 1. The van der Waals surface area contributed by atoms with Crippen LogP contribution in [0, 0.1) is 0 Å². The fourth-order valence-electron chi connectivity index (χ4n) is 4.84. The maximum Gasteiger partial charge on any atom is 0.418 e. The number of para-hydroxylation sites is 1. The van der Waals surface area contributed by atoms with E-state index in [0.29, 0.717) is 17.6 Å². The molecule has 0 radical (unpaired) electrons. The van der Waals surface area contributed by atoms with Crippen molar-refractivity contribution in [3.05, 3.63) is 131 Å². The zero-order valence-corrected chi connectivity index (χ0v) is 21.3. The van der Waals surface area contributed by atoms with Crippen molar-refractivity contribution in [1.82, 2.24) is 4.98 Å². The quantitative estimate of drug-likeness (QED) is 0.159. The molecule has 0 aliphatic heterocycles. The minimum absolute atomic E-state index is 0.0462. The molecule has 39 heavy (non-hydrogen) atoms. The Hall–Kier alpha value is -4.45. The summed E-state index contributed by atoms with van der Waals surface area (Å²) in [7, 11) is 0. The molecule has 4 aromatic carbocycles. The summed E-state index contributed by atoms with van der Waals surface area (Å²) in [5, 5.41) is 0.483. The summed E-state index contributed by atoms with van der Waals surface area (Å²) in [5.41, 5.74) is 4.92. The molecule has 0 aliphatic rings. The first-order valence-corrected chi connectivity index (χ1v) is 12.7. The van der Waals surface area contributed by atoms with Gasteiger partial charge in [-0.25, -0.2) is 0 Å². The van der Waals surface area contributed by atoms with Gasteiger partial charge in [-0.15, -0.1) is 0 Å². The highest BCUT2D eigenvalue weighted by atomic mass is 19.4. The monoisotopic (exact) mass is 525 g/mol. The van der Waals surface area contributed by atoms with Crippen molar-refractivity contribution in [2.45, 2.75) is 32.4 Å². The zero-order chi connectivity index (χ0) is 27.4. The molecule has 0 spiro atoms. The van der Waals surface area contributed by atoms with Gasteiger partial charge in [0.25, 0.3) is 0 Å². The van der Waals surface area contributed by atoms with Crippen molar-refractivity contribution < 1.29 is 22.7 Å². The van der Waals surface area contributed by atoms with Gasteiger partial charge in [0.05, 0.1) is 11.1 Å². The highest BCUT2D eigenvalue weighted by Gasteiger charge is 2.33. The number of ether oxygens (including phenoxy) is 1. The summed E-state index contributed by atoms with van der Waals surface area (Å²) in [6.07, 6.45) is -0.870. The topological polar surface area (TPSA) is 39.2 Å². The van der Waals surface area contributed by atoms with E-state index in [1.807, 2.05) is 60.7 Å². The first-order valence-electron chi connectivity index (χ1n) is 12.7. The molecule has 0 amide bonds. The van der Waals surface area contributed by atoms with E-state index in [4.69, 9.17) is 4.74 Å². The Morgan fingerprint density at radius 1 is 0.795 bits per heavy atom. The van der Waals surface area contributed by atoms with Crippen LogP contribution < -0.4 is 4.74 Å². The van der Waals surface area contributed by atoms with Crippen molar-refractivity contribution in [2.75, 3.05) is 0 Å². The summed E-state index contributed by atoms with van der Waals surface area (Å²) >= 11 is 0. The molecule has 1 aromatic heterocycles. The molecule has 5 aromatic rings. The largest absolute Gasteiger partial charge is 0.427 e. The molecule has 5 rings (SSSR count). The summed E-state index contributed by atoms with van der Waals surface area (Å²) in [5.74, 6) is 0.138. The Morgan fingerprint density at radius 3 is 2.21 bits per heavy atom. The maximum atomic E-state index is 13.8. The van der Waals surface area contributed by atoms with Crippen LogP contribution in [0.1, 0.15) is 34.7 Å². The predicted molar refractivity (Wildman–Crippen MR) is 147 cm³/mol. The van der Waals surface area contributed by atoms with Gasteiger partial charge < -0.3 is 4.74 Å². The van der Waals surface area contributed by atoms with Gasteiger partial charge in [0.2, 0.25) is 0 Å². The minimum atomic E-state index is -4.50. The third kappa shape index (κ3) is 6.17. The van der Waals surface area contributed by atoms with Crippen molar-refractivity contribution in [1.29, 1.82) is 0 Å². The van der Waals surface area contributed by atoms with Crippen molar-refractivity contribution in [2.24, 2.45) is 0 Å². The standard InChI is InChI=1S/C33H26F3NO2/c1-22(38)39-28-17-15-23(16-18-28)13-14-25-9-5-10-26(19-25)31-27(20-24-7-3-2-4-8-24)21-37-32-29(31)11-6-12-30(32)33(34,35)36/h2-12,15-19,21H,13-14,20H2,1H3. The zero-order valence-electron chi connectivity index (χ0n) is 21.3. The number of carbonyl (C=O) groups excluding carboxylic acids is 1. The normalized spacial score (nSPS) is 11.5. The van der Waals surface area contributed by atoms with Gasteiger partial charge in [-0.05, 0) is 70.8 Å². The summed E-state index contributed by atoms with van der Waals surface area (Å²) in [6, 6.07) is 29.5. The first kappa shape index (κ1) is 26.2. The van der Waals surface area contributed by atoms with Crippen LogP contribution in [0.3, 0.4) is 0 Å². The molecule has 0 fully saturated rings. The average Bonchev–Trinajstić information content (AvgIpc) is 2.92. The van der Waals surface area contributed by atoms with Crippen LogP contribution in [0.2, 0.25) is 0 Å². The lowest BCUT2D eigenvalue weighted by Gasteiger charge is -2.17. The van der Waals surface area contributed by atoms with E-state index in [2.05, 4.69) is 11.1 Å². The number of hydrogen-bond donors (Lipinski definition) is 0. The van der Waals surface area contributed by atoms with Crippen LogP contribution in [-0.4, -0.2) is 11.0 Å². The van der Waals surface area contributed by atoms with Crippen LogP contribution >= 0.6 is 0 Å². The third-order valence-electron chi connectivity index (χ3n) is 6.62. The van der Waals surface area contributed by atoms with Crippen LogP contribution in [0.15, 0.2) is 103 Å². The Balaban J connectivity index is 1.52. The highest BCUT2D eigenvalue weighted by molar-refractivity contribution is 5.98. The molecule has 0 atom stereocenters. The molecule has 196 valence electrons. The van der Waals surface area contributed by atoms with E-state index in [-0.39, 0.29) is 11.5 Å². The van der Waals surface area contributed by atoms with Crippen LogP contribution in [0.4, 0.5) is 13.2 Å². The Labute approximate surface area is 224 Å². The molecule has 0 N–H and O–H groups in total. The number of pyridine rings is 1. The predicted octanol–water partition coefficient (Wildman–Crippen LogP) is 8.22. The second kappa shape index (κ2) is 11.1. The second-order valence-electron chi connectivity index (χ2n) is 9.46. The van der Waals surface area contributed by atoms with E-state index in [9.17, 15) is 18.0 Å². The van der Waals surface area contributed by atoms with Gasteiger partial charge in [0.15, 0.2) is 0 Å². The molecule has 0 saturated carbocycles. The van der Waals surface area contributed by atoms with Gasteiger partial charge in [-0.3, -0.25) is 9.78 Å². The summed E-state index contributed by atoms with van der Waals surface area (Å²) < 4.78 is 46.6. The molecule has 3 nitrogen and oxygen atoms in total. The van der Waals surface area contributed by atoms with E-state index in [1.54, 1.807) is 24.4 Å². The lowest BCUT2D eigenvalue weighted by molar-refractivity contribution is -0.136. The molecule has 6 heteroatoms. The molecule has 0 bridgehead atoms. The van der Waals surface area contributed by atoms with Gasteiger partial charge in [-0.1, -0.05) is 78.9 Å². The number of halogens is 3. The first-order chi connectivity index (χ1) is 18.8. The summed E-state index contributed by atoms with van der Waals surface area (Å²) in [4.78, 5) is 15.5. The molecule has 0 unspecified atom stereocenters. The van der Waals surface area contributed by atoms with Crippen LogP contribution in [0.25, 0.3) is 22.0 Å². The van der Waals surface area contributed by atoms with E-state index in [0.717, 1.165) is 52.3 Å². The SMILES string of the molecule is CC(=O)Oc1ccc(CCc2cccc(-c3c(Cc4ccccc4)cnc4c(C(F)(F)F)cccc34)c2)cc1. The lowest BCUT2D eigenvalue weighted by Crippen LogP contribution is -2.07. The number of aryl methyl sites for hydroxylation is 2. The van der Waals surface area contributed by atoms with E-state index < -0.39 is 11.7 Å². The third-order valence-corrected chi connectivity index (χ3v) is 6.62. The van der Waals surface area contributed by atoms with Crippen molar-refractivity contribution >= 4 is 16.9 Å². The van der Waals surface area contributed by atoms with Crippen LogP contribution in [0.5, 0.6) is 5.75 Å². The number of esters is 1. The Kier molecular flexibility index (Phi) is 7.46. The van der Waals surface area contributed by atoms with Crippen molar-refractivity contribution in [3.8, 4) is 16.9 Å². The Bertz CT molecular complexity index is 1610. The number of rotatable bonds is 7. The number of aromatic nitrogens is 1. The number of fused-ring (bicyclic) bond motifs is 1. The van der Waals surface area contributed by atoms with E-state index >= 15 is 0 Å². The maximum absolute atomic E-state index is 13.8. The highest BCUT2D eigenvalue weighted by Crippen LogP contribution is 2.39. The number of benzene rings is 4. The number of nitrogens with zero attached hydrogens (tertiary/aromatic N) is 1. The van der Waals surface area contributed by atoms with Gasteiger partial charge in [0.1, 0.15) is 5.75 Å². The minimum Gasteiger partial charge on any atom is -0.427 e.